The maximum absolute atomic E-state index is 14.8. The van der Waals surface area contributed by atoms with Gasteiger partial charge in [0, 0.05) is 25.2 Å². The van der Waals surface area contributed by atoms with Gasteiger partial charge in [-0.05, 0) is 36.6 Å². The van der Waals surface area contributed by atoms with E-state index in [4.69, 9.17) is 0 Å². The summed E-state index contributed by atoms with van der Waals surface area (Å²) in [6.45, 7) is 5.29. The Morgan fingerprint density at radius 2 is 1.19 bits per heavy atom. The highest BCUT2D eigenvalue weighted by Crippen LogP contribution is 2.65. The van der Waals surface area contributed by atoms with Crippen molar-refractivity contribution in [1.29, 1.82) is 0 Å². The summed E-state index contributed by atoms with van der Waals surface area (Å²) in [6, 6.07) is 30.0. The maximum atomic E-state index is 14.8. The van der Waals surface area contributed by atoms with Gasteiger partial charge in [-0.15, -0.1) is 0 Å². The van der Waals surface area contributed by atoms with Gasteiger partial charge in [-0.1, -0.05) is 97.1 Å². The highest BCUT2D eigenvalue weighted by Gasteiger charge is 2.54. The molecule has 0 aromatic heterocycles. The largest absolute Gasteiger partial charge is 0.378 e. The SMILES string of the molecule is C[C@H]1[C@H](C)N(Cc2ccccc2)P(=O)(C(O)C=Cc2ccccc2)N1Cc1ccccc1. The Balaban J connectivity index is 1.70. The van der Waals surface area contributed by atoms with Crippen LogP contribution in [-0.4, -0.2) is 32.4 Å². The first kappa shape index (κ1) is 22.7. The van der Waals surface area contributed by atoms with Crippen molar-refractivity contribution >= 4 is 13.5 Å². The maximum Gasteiger partial charge on any atom is 0.249 e. The van der Waals surface area contributed by atoms with Crippen LogP contribution >= 0.6 is 7.44 Å². The number of hydrogen-bond acceptors (Lipinski definition) is 2. The van der Waals surface area contributed by atoms with Crippen LogP contribution in [0.4, 0.5) is 0 Å². The summed E-state index contributed by atoms with van der Waals surface area (Å²) in [5.41, 5.74) is 3.16. The van der Waals surface area contributed by atoms with E-state index in [1.54, 1.807) is 6.08 Å². The van der Waals surface area contributed by atoms with Crippen LogP contribution in [0, 0.1) is 0 Å². The van der Waals surface area contributed by atoms with Crippen molar-refractivity contribution in [2.45, 2.75) is 44.9 Å². The first-order valence-electron chi connectivity index (χ1n) is 11.1. The van der Waals surface area contributed by atoms with Crippen LogP contribution in [0.1, 0.15) is 30.5 Å². The van der Waals surface area contributed by atoms with E-state index in [2.05, 4.69) is 13.8 Å². The smallest absolute Gasteiger partial charge is 0.249 e. The van der Waals surface area contributed by atoms with E-state index < -0.39 is 13.3 Å². The van der Waals surface area contributed by atoms with Gasteiger partial charge in [0.25, 0.3) is 0 Å². The predicted molar refractivity (Wildman–Crippen MR) is 132 cm³/mol. The van der Waals surface area contributed by atoms with E-state index in [-0.39, 0.29) is 12.1 Å². The van der Waals surface area contributed by atoms with Crippen molar-refractivity contribution in [3.05, 3.63) is 114 Å². The van der Waals surface area contributed by atoms with Crippen LogP contribution in [0.2, 0.25) is 0 Å². The number of aliphatic hydroxyl groups is 1. The van der Waals surface area contributed by atoms with Crippen LogP contribution in [-0.2, 0) is 17.7 Å². The molecule has 1 unspecified atom stereocenters. The summed E-state index contributed by atoms with van der Waals surface area (Å²) in [5, 5.41) is 11.4. The molecule has 3 aromatic carbocycles. The Morgan fingerprint density at radius 1 is 0.781 bits per heavy atom. The van der Waals surface area contributed by atoms with Crippen molar-refractivity contribution in [3.8, 4) is 0 Å². The third-order valence-electron chi connectivity index (χ3n) is 6.35. The molecule has 0 spiro atoms. The molecule has 4 rings (SSSR count). The van der Waals surface area contributed by atoms with E-state index in [0.29, 0.717) is 13.1 Å². The third kappa shape index (κ3) is 4.65. The zero-order valence-corrected chi connectivity index (χ0v) is 19.6. The van der Waals surface area contributed by atoms with Crippen LogP contribution in [0.25, 0.3) is 6.08 Å². The lowest BCUT2D eigenvalue weighted by Gasteiger charge is -2.34. The third-order valence-corrected chi connectivity index (χ3v) is 9.70. The van der Waals surface area contributed by atoms with E-state index in [9.17, 15) is 9.67 Å². The van der Waals surface area contributed by atoms with Gasteiger partial charge >= 0.3 is 0 Å². The summed E-state index contributed by atoms with van der Waals surface area (Å²) < 4.78 is 18.8. The van der Waals surface area contributed by atoms with Crippen molar-refractivity contribution in [2.24, 2.45) is 0 Å². The zero-order valence-electron chi connectivity index (χ0n) is 18.7. The molecule has 0 aliphatic carbocycles. The molecule has 3 atom stereocenters. The lowest BCUT2D eigenvalue weighted by atomic mass is 10.1. The summed E-state index contributed by atoms with van der Waals surface area (Å²) in [7, 11) is -3.33. The van der Waals surface area contributed by atoms with Crippen LogP contribution in [0.15, 0.2) is 97.1 Å². The van der Waals surface area contributed by atoms with Crippen molar-refractivity contribution in [3.63, 3.8) is 0 Å². The van der Waals surface area contributed by atoms with Gasteiger partial charge in [0.05, 0.1) is 0 Å². The highest BCUT2D eigenvalue weighted by atomic mass is 31.2. The summed E-state index contributed by atoms with van der Waals surface area (Å²) in [6.07, 6.45) is 3.55. The van der Waals surface area contributed by atoms with Crippen molar-refractivity contribution in [1.82, 2.24) is 9.34 Å². The second-order valence-electron chi connectivity index (χ2n) is 8.42. The van der Waals surface area contributed by atoms with Crippen molar-refractivity contribution < 1.29 is 9.67 Å². The lowest BCUT2D eigenvalue weighted by Crippen LogP contribution is -2.32. The number of nitrogens with zero attached hydrogens (tertiary/aromatic N) is 2. The number of rotatable bonds is 7. The van der Waals surface area contributed by atoms with E-state index >= 15 is 0 Å². The van der Waals surface area contributed by atoms with E-state index in [0.717, 1.165) is 16.7 Å². The second-order valence-corrected chi connectivity index (χ2v) is 11.2. The molecule has 0 saturated carbocycles. The summed E-state index contributed by atoms with van der Waals surface area (Å²) in [4.78, 5) is 0. The average molecular weight is 447 g/mol. The molecule has 4 nitrogen and oxygen atoms in total. The van der Waals surface area contributed by atoms with Crippen LogP contribution < -0.4 is 0 Å². The molecule has 1 saturated heterocycles. The molecule has 32 heavy (non-hydrogen) atoms. The first-order chi connectivity index (χ1) is 15.5. The van der Waals surface area contributed by atoms with Gasteiger partial charge in [0.1, 0.15) is 0 Å². The molecular weight excluding hydrogens is 415 g/mol. The minimum atomic E-state index is -3.33. The Morgan fingerprint density at radius 3 is 1.62 bits per heavy atom. The van der Waals surface area contributed by atoms with Crippen LogP contribution in [0.5, 0.6) is 0 Å². The molecule has 1 heterocycles. The molecule has 0 radical (unpaired) electrons. The monoisotopic (exact) mass is 446 g/mol. The van der Waals surface area contributed by atoms with Gasteiger partial charge in [-0.25, -0.2) is 9.34 Å². The number of aliphatic hydroxyl groups excluding tert-OH is 1. The lowest BCUT2D eigenvalue weighted by molar-refractivity contribution is 0.261. The molecular formula is C27H31N2O2P. The topological polar surface area (TPSA) is 43.8 Å². The fraction of sp³-hybridized carbons (Fsp3) is 0.259. The Labute approximate surface area is 191 Å². The number of benzene rings is 3. The second kappa shape index (κ2) is 9.97. The normalized spacial score (nSPS) is 22.3. The highest BCUT2D eigenvalue weighted by molar-refractivity contribution is 7.60. The van der Waals surface area contributed by atoms with Gasteiger partial charge in [0.2, 0.25) is 7.44 Å². The molecule has 5 heteroatoms. The molecule has 3 aromatic rings. The molecule has 1 aliphatic heterocycles. The molecule has 1 fully saturated rings. The average Bonchev–Trinajstić information content (AvgIpc) is 3.01. The van der Waals surface area contributed by atoms with Gasteiger partial charge in [-0.3, -0.25) is 4.57 Å². The molecule has 0 bridgehead atoms. The standard InChI is InChI=1S/C27H31N2O2P/c1-22-23(2)29(21-26-16-10-5-11-17-26)32(31,28(22)20-25-14-8-4-9-15-25)27(30)19-18-24-12-6-3-7-13-24/h3-19,22-23,27,30H,20-21H2,1-2H3/t22-,23-,27?/m0/s1. The molecule has 1 aliphatic rings. The van der Waals surface area contributed by atoms with Gasteiger partial charge < -0.3 is 5.11 Å². The minimum absolute atomic E-state index is 0.0320. The summed E-state index contributed by atoms with van der Waals surface area (Å²) >= 11 is 0. The van der Waals surface area contributed by atoms with Gasteiger partial charge in [0.15, 0.2) is 5.85 Å². The number of hydrogen-bond donors (Lipinski definition) is 1. The fourth-order valence-electron chi connectivity index (χ4n) is 4.38. The van der Waals surface area contributed by atoms with E-state index in [1.807, 2.05) is 106 Å². The van der Waals surface area contributed by atoms with Crippen LogP contribution in [0.3, 0.4) is 0 Å². The molecule has 0 amide bonds. The fourth-order valence-corrected chi connectivity index (χ4v) is 7.75. The van der Waals surface area contributed by atoms with Crippen molar-refractivity contribution in [2.75, 3.05) is 0 Å². The van der Waals surface area contributed by atoms with Gasteiger partial charge in [-0.2, -0.15) is 0 Å². The quantitative estimate of drug-likeness (QED) is 0.452. The zero-order chi connectivity index (χ0) is 22.6. The molecule has 166 valence electrons. The minimum Gasteiger partial charge on any atom is -0.378 e. The first-order valence-corrected chi connectivity index (χ1v) is 12.8. The Kier molecular flexibility index (Phi) is 7.07. The Hall–Kier alpha value is -2.49. The summed E-state index contributed by atoms with van der Waals surface area (Å²) in [5.74, 6) is -1.09. The Bertz CT molecular complexity index is 1020. The van der Waals surface area contributed by atoms with E-state index in [1.165, 1.54) is 0 Å². The predicted octanol–water partition coefficient (Wildman–Crippen LogP) is 6.01. The molecule has 1 N–H and O–H groups in total.